The van der Waals surface area contributed by atoms with Crippen LogP contribution in [0.15, 0.2) is 35.5 Å². The zero-order valence-electron chi connectivity index (χ0n) is 20.1. The molecular formula is C24H36ClN3O6. The third-order valence-electron chi connectivity index (χ3n) is 5.54. The summed E-state index contributed by atoms with van der Waals surface area (Å²) in [4.78, 5) is 26.7. The highest BCUT2D eigenvalue weighted by molar-refractivity contribution is 6.31. The van der Waals surface area contributed by atoms with E-state index < -0.39 is 29.3 Å². The summed E-state index contributed by atoms with van der Waals surface area (Å²) in [5.41, 5.74) is 11.6. The topological polar surface area (TPSA) is 135 Å². The van der Waals surface area contributed by atoms with Crippen LogP contribution in [-0.4, -0.2) is 70.2 Å². The fourth-order valence-electron chi connectivity index (χ4n) is 4.23. The Morgan fingerprint density at radius 3 is 2.32 bits per heavy atom. The first-order chi connectivity index (χ1) is 16.3. The van der Waals surface area contributed by atoms with Gasteiger partial charge in [-0.2, -0.15) is 0 Å². The predicted octanol–water partition coefficient (Wildman–Crippen LogP) is 1.73. The maximum Gasteiger partial charge on any atom is 0.336 e. The minimum atomic E-state index is -0.970. The van der Waals surface area contributed by atoms with E-state index in [-0.39, 0.29) is 32.0 Å². The van der Waals surface area contributed by atoms with E-state index in [1.54, 1.807) is 38.1 Å². The van der Waals surface area contributed by atoms with Crippen LogP contribution in [0.1, 0.15) is 32.3 Å². The molecule has 0 spiro atoms. The molecule has 0 fully saturated rings. The number of nitrogens with two attached hydrogens (primary N) is 2. The molecule has 2 rings (SSSR count). The van der Waals surface area contributed by atoms with Gasteiger partial charge in [-0.25, -0.2) is 4.79 Å². The van der Waals surface area contributed by atoms with E-state index in [4.69, 9.17) is 42.0 Å². The van der Waals surface area contributed by atoms with Crippen molar-refractivity contribution in [1.82, 2.24) is 5.32 Å². The average Bonchev–Trinajstić information content (AvgIpc) is 2.79. The third kappa shape index (κ3) is 6.70. The molecule has 1 aromatic rings. The van der Waals surface area contributed by atoms with Crippen molar-refractivity contribution in [2.75, 3.05) is 52.7 Å². The lowest BCUT2D eigenvalue weighted by molar-refractivity contribution is -0.154. The first kappa shape index (κ1) is 28.1. The first-order valence-electron chi connectivity index (χ1n) is 11.5. The molecular weight excluding hydrogens is 462 g/mol. The Hall–Kier alpha value is -2.17. The fourth-order valence-corrected chi connectivity index (χ4v) is 4.48. The van der Waals surface area contributed by atoms with Gasteiger partial charge in [-0.15, -0.1) is 0 Å². The van der Waals surface area contributed by atoms with Gasteiger partial charge < -0.3 is 35.7 Å². The second kappa shape index (κ2) is 13.7. The van der Waals surface area contributed by atoms with Gasteiger partial charge >= 0.3 is 11.9 Å². The summed E-state index contributed by atoms with van der Waals surface area (Å²) in [5.74, 6) is -2.67. The molecule has 0 saturated carbocycles. The Balaban J connectivity index is 2.76. The lowest BCUT2D eigenvalue weighted by atomic mass is 9.67. The van der Waals surface area contributed by atoms with E-state index in [0.717, 1.165) is 0 Å². The summed E-state index contributed by atoms with van der Waals surface area (Å²) in [5, 5.41) is 3.76. The van der Waals surface area contributed by atoms with E-state index in [1.165, 1.54) is 0 Å². The smallest absolute Gasteiger partial charge is 0.336 e. The number of nitrogens with one attached hydrogen (secondary N) is 1. The number of hydrogen-bond donors (Lipinski definition) is 3. The van der Waals surface area contributed by atoms with E-state index in [0.29, 0.717) is 42.6 Å². The average molecular weight is 498 g/mol. The summed E-state index contributed by atoms with van der Waals surface area (Å²) in [7, 11) is 0. The van der Waals surface area contributed by atoms with Crippen molar-refractivity contribution in [3.8, 4) is 0 Å². The van der Waals surface area contributed by atoms with Crippen molar-refractivity contribution in [1.29, 1.82) is 0 Å². The van der Waals surface area contributed by atoms with Crippen LogP contribution in [0.2, 0.25) is 5.02 Å². The Kier molecular flexibility index (Phi) is 11.3. The van der Waals surface area contributed by atoms with Gasteiger partial charge in [-0.1, -0.05) is 29.8 Å². The summed E-state index contributed by atoms with van der Waals surface area (Å²) in [6, 6.07) is 7.11. The maximum atomic E-state index is 13.4. The van der Waals surface area contributed by atoms with Gasteiger partial charge in [0.15, 0.2) is 0 Å². The third-order valence-corrected chi connectivity index (χ3v) is 5.89. The first-order valence-corrected chi connectivity index (χ1v) is 11.9. The van der Waals surface area contributed by atoms with Crippen LogP contribution in [0.5, 0.6) is 0 Å². The summed E-state index contributed by atoms with van der Waals surface area (Å²) in [6.45, 7) is 7.07. The fraction of sp³-hybridized carbons (Fsp3) is 0.583. The molecule has 5 N–H and O–H groups in total. The van der Waals surface area contributed by atoms with Gasteiger partial charge in [-0.3, -0.25) is 4.79 Å². The van der Waals surface area contributed by atoms with Gasteiger partial charge in [-0.05, 0) is 32.4 Å². The zero-order chi connectivity index (χ0) is 25.1. The molecule has 0 aromatic heterocycles. The molecule has 34 heavy (non-hydrogen) atoms. The Morgan fingerprint density at radius 2 is 1.71 bits per heavy atom. The van der Waals surface area contributed by atoms with Crippen LogP contribution in [0, 0.1) is 5.92 Å². The molecule has 1 aliphatic rings. The highest BCUT2D eigenvalue weighted by Gasteiger charge is 2.53. The SMILES string of the molecule is CCOC(=O)C1=C(COCCN)NC(C)(COCCN)C(C(=O)OCC)C1c1ccccc1Cl. The number of carbonyl (C=O) groups excluding carboxylic acids is 2. The second-order valence-electron chi connectivity index (χ2n) is 8.07. The normalized spacial score (nSPS) is 22.3. The maximum absolute atomic E-state index is 13.4. The van der Waals surface area contributed by atoms with Crippen LogP contribution in [-0.2, 0) is 28.5 Å². The number of halogens is 1. The van der Waals surface area contributed by atoms with E-state index in [9.17, 15) is 9.59 Å². The lowest BCUT2D eigenvalue weighted by Gasteiger charge is -2.47. The van der Waals surface area contributed by atoms with Crippen LogP contribution in [0.4, 0.5) is 0 Å². The van der Waals surface area contributed by atoms with Crippen molar-refractivity contribution in [3.63, 3.8) is 0 Å². The molecule has 0 saturated heterocycles. The molecule has 0 aliphatic carbocycles. The van der Waals surface area contributed by atoms with E-state index in [1.807, 2.05) is 6.92 Å². The Bertz CT molecular complexity index is 865. The van der Waals surface area contributed by atoms with Crippen molar-refractivity contribution >= 4 is 23.5 Å². The lowest BCUT2D eigenvalue weighted by Crippen LogP contribution is -2.61. The van der Waals surface area contributed by atoms with Crippen molar-refractivity contribution in [2.24, 2.45) is 17.4 Å². The molecule has 0 radical (unpaired) electrons. The molecule has 9 nitrogen and oxygen atoms in total. The molecule has 0 amide bonds. The van der Waals surface area contributed by atoms with Gasteiger partial charge in [0.2, 0.25) is 0 Å². The number of ether oxygens (including phenoxy) is 4. The predicted molar refractivity (Wildman–Crippen MR) is 129 cm³/mol. The number of hydrogen-bond acceptors (Lipinski definition) is 9. The van der Waals surface area contributed by atoms with Gasteiger partial charge in [0.05, 0.1) is 56.7 Å². The van der Waals surface area contributed by atoms with Gasteiger partial charge in [0, 0.05) is 29.7 Å². The molecule has 3 atom stereocenters. The van der Waals surface area contributed by atoms with Gasteiger partial charge in [0.1, 0.15) is 0 Å². The standard InChI is InChI=1S/C24H36ClN3O6/c1-4-33-22(29)20-18(14-31-12-10-26)28-24(3,15-32-13-11-27)21(23(30)34-5-2)19(20)16-8-6-7-9-17(16)25/h6-9,19,21,28H,4-5,10-15,26-27H2,1-3H3. The van der Waals surface area contributed by atoms with Crippen LogP contribution in [0.25, 0.3) is 0 Å². The summed E-state index contributed by atoms with van der Waals surface area (Å²) < 4.78 is 22.4. The summed E-state index contributed by atoms with van der Waals surface area (Å²) >= 11 is 6.60. The van der Waals surface area contributed by atoms with Gasteiger partial charge in [0.25, 0.3) is 0 Å². The molecule has 190 valence electrons. The second-order valence-corrected chi connectivity index (χ2v) is 8.47. The van der Waals surface area contributed by atoms with E-state index in [2.05, 4.69) is 5.32 Å². The molecule has 1 aliphatic heterocycles. The van der Waals surface area contributed by atoms with Crippen LogP contribution >= 0.6 is 11.6 Å². The van der Waals surface area contributed by atoms with Crippen LogP contribution in [0.3, 0.4) is 0 Å². The highest BCUT2D eigenvalue weighted by Crippen LogP contribution is 2.46. The summed E-state index contributed by atoms with van der Waals surface area (Å²) in [6.07, 6.45) is 0. The number of benzene rings is 1. The number of esters is 2. The minimum absolute atomic E-state index is 0.0638. The highest BCUT2D eigenvalue weighted by atomic mass is 35.5. The quantitative estimate of drug-likeness (QED) is 0.275. The van der Waals surface area contributed by atoms with Crippen LogP contribution < -0.4 is 16.8 Å². The minimum Gasteiger partial charge on any atom is -0.466 e. The molecule has 1 heterocycles. The number of carbonyl (C=O) groups is 2. The Labute approximate surface area is 206 Å². The zero-order valence-corrected chi connectivity index (χ0v) is 20.9. The van der Waals surface area contributed by atoms with Crippen molar-refractivity contribution in [2.45, 2.75) is 32.2 Å². The molecule has 0 bridgehead atoms. The molecule has 10 heteroatoms. The number of rotatable bonds is 13. The van der Waals surface area contributed by atoms with Crippen molar-refractivity contribution in [3.05, 3.63) is 46.1 Å². The molecule has 1 aromatic carbocycles. The van der Waals surface area contributed by atoms with E-state index >= 15 is 0 Å². The molecule has 3 unspecified atom stereocenters. The monoisotopic (exact) mass is 497 g/mol. The van der Waals surface area contributed by atoms with Crippen molar-refractivity contribution < 1.29 is 28.5 Å². The Morgan fingerprint density at radius 1 is 1.06 bits per heavy atom. The largest absolute Gasteiger partial charge is 0.466 e.